The number of nitriles is 1. The first kappa shape index (κ1) is 16.4. The summed E-state index contributed by atoms with van der Waals surface area (Å²) in [7, 11) is 1.29. The Morgan fingerprint density at radius 1 is 1.28 bits per heavy atom. The number of ether oxygens (including phenoxy) is 2. The molecule has 0 aliphatic carbocycles. The number of phenolic OH excluding ortho intramolecular Hbond substituents is 1. The fourth-order valence-corrected chi connectivity index (χ4v) is 2.87. The third-order valence-corrected chi connectivity index (χ3v) is 4.03. The summed E-state index contributed by atoms with van der Waals surface area (Å²) < 4.78 is 12.4. The molecule has 6 heteroatoms. The van der Waals surface area contributed by atoms with Crippen molar-refractivity contribution >= 4 is 11.9 Å². The second kappa shape index (κ2) is 6.57. The fourth-order valence-electron chi connectivity index (χ4n) is 2.87. The highest BCUT2D eigenvalue weighted by molar-refractivity contribution is 5.93. The third-order valence-electron chi connectivity index (χ3n) is 4.03. The second-order valence-corrected chi connectivity index (χ2v) is 5.51. The minimum absolute atomic E-state index is 0.101. The molecule has 0 spiro atoms. The number of carbonyl (C=O) groups excluding carboxylic acids is 1. The molecule has 6 nitrogen and oxygen atoms in total. The lowest BCUT2D eigenvalue weighted by Crippen LogP contribution is -2.23. The second-order valence-electron chi connectivity index (χ2n) is 5.51. The zero-order valence-corrected chi connectivity index (χ0v) is 13.8. The number of phenols is 1. The quantitative estimate of drug-likeness (QED) is 0.871. The first-order valence-corrected chi connectivity index (χ1v) is 7.60. The number of benzene rings is 1. The molecule has 0 bridgehead atoms. The molecule has 0 saturated heterocycles. The minimum Gasteiger partial charge on any atom is -0.508 e. The summed E-state index contributed by atoms with van der Waals surface area (Å²) in [6.45, 7) is 1.66. The Labute approximate surface area is 144 Å². The van der Waals surface area contributed by atoms with Crippen LogP contribution in [0.25, 0.3) is 5.88 Å². The minimum atomic E-state index is -0.649. The Balaban J connectivity index is 2.23. The van der Waals surface area contributed by atoms with E-state index in [1.54, 1.807) is 36.0 Å². The Bertz CT molecular complexity index is 900. The summed E-state index contributed by atoms with van der Waals surface area (Å²) in [6.07, 6.45) is 3.52. The molecule has 3 rings (SSSR count). The molecule has 1 atom stereocenters. The molecular weight excluding hydrogens is 320 g/mol. The number of carbonyl (C=O) groups is 1. The van der Waals surface area contributed by atoms with Gasteiger partial charge in [-0.2, -0.15) is 5.26 Å². The third kappa shape index (κ3) is 2.88. The number of esters is 1. The summed E-state index contributed by atoms with van der Waals surface area (Å²) in [5.41, 5.74) is 1.23. The Hall–Kier alpha value is -3.46. The average Bonchev–Trinajstić information content (AvgIpc) is 3.15. The van der Waals surface area contributed by atoms with Crippen LogP contribution in [0.15, 0.2) is 65.7 Å². The molecule has 0 unspecified atom stereocenters. The van der Waals surface area contributed by atoms with Crippen molar-refractivity contribution in [1.29, 1.82) is 5.26 Å². The predicted octanol–water partition coefficient (Wildman–Crippen LogP) is 3.15. The topological polar surface area (TPSA) is 84.5 Å². The lowest BCUT2D eigenvalue weighted by atomic mass is 9.83. The highest BCUT2D eigenvalue weighted by Gasteiger charge is 2.37. The first-order chi connectivity index (χ1) is 12.1. The van der Waals surface area contributed by atoms with Crippen LogP contribution in [0.3, 0.4) is 0 Å². The van der Waals surface area contributed by atoms with Crippen LogP contribution < -0.4 is 0 Å². The molecule has 0 fully saturated rings. The number of allylic oxidation sites excluding steroid dienone is 2. The van der Waals surface area contributed by atoms with Crippen LogP contribution in [0.4, 0.5) is 0 Å². The molecule has 0 amide bonds. The smallest absolute Gasteiger partial charge is 0.338 e. The van der Waals surface area contributed by atoms with E-state index in [2.05, 4.69) is 6.07 Å². The van der Waals surface area contributed by atoms with E-state index in [1.165, 1.54) is 19.2 Å². The van der Waals surface area contributed by atoms with Crippen LogP contribution >= 0.6 is 0 Å². The number of hydrogen-bond acceptors (Lipinski definition) is 5. The van der Waals surface area contributed by atoms with Crippen LogP contribution in [-0.2, 0) is 14.3 Å². The molecule has 1 aromatic heterocycles. The maximum Gasteiger partial charge on any atom is 0.338 e. The van der Waals surface area contributed by atoms with Gasteiger partial charge in [-0.3, -0.25) is 4.57 Å². The average molecular weight is 336 g/mol. The van der Waals surface area contributed by atoms with E-state index in [-0.39, 0.29) is 16.9 Å². The number of nitrogens with zero attached hydrogens (tertiary/aromatic N) is 2. The van der Waals surface area contributed by atoms with Gasteiger partial charge in [-0.1, -0.05) is 12.1 Å². The number of methoxy groups -OCH3 is 1. The Morgan fingerprint density at radius 3 is 2.48 bits per heavy atom. The number of hydrogen-bond donors (Lipinski definition) is 1. The van der Waals surface area contributed by atoms with Gasteiger partial charge in [0.1, 0.15) is 23.2 Å². The SMILES string of the molecule is COC(=O)C1=C(C)OC(n2cccc2)=C(C#N)[C@H]1c1ccc(O)cc1. The lowest BCUT2D eigenvalue weighted by molar-refractivity contribution is -0.136. The summed E-state index contributed by atoms with van der Waals surface area (Å²) in [6, 6.07) is 12.2. The summed E-state index contributed by atoms with van der Waals surface area (Å²) in [5, 5.41) is 19.3. The van der Waals surface area contributed by atoms with Crippen molar-refractivity contribution in [3.8, 4) is 11.8 Å². The van der Waals surface area contributed by atoms with Gasteiger partial charge in [0.05, 0.1) is 18.6 Å². The molecule has 1 aliphatic rings. The summed E-state index contributed by atoms with van der Waals surface area (Å²) >= 11 is 0. The molecule has 1 aromatic carbocycles. The summed E-state index contributed by atoms with van der Waals surface area (Å²) in [4.78, 5) is 12.3. The number of aromatic nitrogens is 1. The Kier molecular flexibility index (Phi) is 4.31. The van der Waals surface area contributed by atoms with E-state index in [9.17, 15) is 15.2 Å². The van der Waals surface area contributed by atoms with Gasteiger partial charge in [-0.25, -0.2) is 4.79 Å². The van der Waals surface area contributed by atoms with Crippen molar-refractivity contribution in [3.63, 3.8) is 0 Å². The standard InChI is InChI=1S/C19H16N2O4/c1-12-16(19(23)24-2)17(13-5-7-14(22)8-6-13)15(11-20)18(25-12)21-9-3-4-10-21/h3-10,17,22H,1-2H3/t17-/m1/s1. The largest absolute Gasteiger partial charge is 0.508 e. The van der Waals surface area contributed by atoms with Gasteiger partial charge in [0.2, 0.25) is 5.88 Å². The van der Waals surface area contributed by atoms with Gasteiger partial charge in [-0.05, 0) is 36.8 Å². The molecule has 0 radical (unpaired) electrons. The van der Waals surface area contributed by atoms with Crippen molar-refractivity contribution < 1.29 is 19.4 Å². The lowest BCUT2D eigenvalue weighted by Gasteiger charge is -2.28. The van der Waals surface area contributed by atoms with Crippen molar-refractivity contribution in [2.45, 2.75) is 12.8 Å². The van der Waals surface area contributed by atoms with Gasteiger partial charge < -0.3 is 14.6 Å². The van der Waals surface area contributed by atoms with Crippen LogP contribution in [0.1, 0.15) is 18.4 Å². The molecule has 2 aromatic rings. The molecule has 2 heterocycles. The molecule has 0 saturated carbocycles. The van der Waals surface area contributed by atoms with E-state index < -0.39 is 11.9 Å². The first-order valence-electron chi connectivity index (χ1n) is 7.60. The van der Waals surface area contributed by atoms with Crippen molar-refractivity contribution in [2.24, 2.45) is 0 Å². The van der Waals surface area contributed by atoms with Gasteiger partial charge >= 0.3 is 5.97 Å². The number of rotatable bonds is 3. The van der Waals surface area contributed by atoms with Crippen LogP contribution in [0.2, 0.25) is 0 Å². The monoisotopic (exact) mass is 336 g/mol. The Morgan fingerprint density at radius 2 is 1.92 bits per heavy atom. The number of aromatic hydroxyl groups is 1. The van der Waals surface area contributed by atoms with E-state index >= 15 is 0 Å². The maximum atomic E-state index is 12.3. The van der Waals surface area contributed by atoms with Crippen LogP contribution in [0, 0.1) is 11.3 Å². The zero-order valence-electron chi connectivity index (χ0n) is 13.8. The zero-order chi connectivity index (χ0) is 18.0. The van der Waals surface area contributed by atoms with Crippen LogP contribution in [0.5, 0.6) is 5.75 Å². The van der Waals surface area contributed by atoms with Gasteiger partial charge in [0, 0.05) is 12.4 Å². The fraction of sp³-hybridized carbons (Fsp3) is 0.158. The van der Waals surface area contributed by atoms with Crippen molar-refractivity contribution in [3.05, 3.63) is 71.3 Å². The van der Waals surface area contributed by atoms with Crippen molar-refractivity contribution in [2.75, 3.05) is 7.11 Å². The van der Waals surface area contributed by atoms with Gasteiger partial charge in [-0.15, -0.1) is 0 Å². The molecular formula is C19H16N2O4. The van der Waals surface area contributed by atoms with E-state index in [1.807, 2.05) is 12.1 Å². The highest BCUT2D eigenvalue weighted by atomic mass is 16.5. The van der Waals surface area contributed by atoms with Gasteiger partial charge in [0.15, 0.2) is 0 Å². The predicted molar refractivity (Wildman–Crippen MR) is 89.9 cm³/mol. The van der Waals surface area contributed by atoms with Crippen LogP contribution in [-0.4, -0.2) is 22.8 Å². The molecule has 126 valence electrons. The highest BCUT2D eigenvalue weighted by Crippen LogP contribution is 2.42. The van der Waals surface area contributed by atoms with Gasteiger partial charge in [0.25, 0.3) is 0 Å². The van der Waals surface area contributed by atoms with E-state index in [0.29, 0.717) is 17.2 Å². The van der Waals surface area contributed by atoms with Crippen molar-refractivity contribution in [1.82, 2.24) is 4.57 Å². The van der Waals surface area contributed by atoms with E-state index in [4.69, 9.17) is 9.47 Å². The van der Waals surface area contributed by atoms with E-state index in [0.717, 1.165) is 0 Å². The maximum absolute atomic E-state index is 12.3. The molecule has 1 N–H and O–H groups in total. The normalized spacial score (nSPS) is 17.1. The molecule has 25 heavy (non-hydrogen) atoms. The summed E-state index contributed by atoms with van der Waals surface area (Å²) in [5.74, 6) is -0.397. The molecule has 1 aliphatic heterocycles.